The first-order chi connectivity index (χ1) is 9.15. The molecule has 0 aliphatic rings. The van der Waals surface area contributed by atoms with Crippen molar-refractivity contribution in [1.29, 1.82) is 5.26 Å². The summed E-state index contributed by atoms with van der Waals surface area (Å²) in [4.78, 5) is 11.6. The second-order valence-electron chi connectivity index (χ2n) is 4.05. The Labute approximate surface area is 110 Å². The maximum Gasteiger partial charge on any atom is 0.354 e. The molecule has 0 atom stereocenters. The number of ether oxygens (including phenoxy) is 1. The van der Waals surface area contributed by atoms with Crippen LogP contribution >= 0.6 is 0 Å². The molecular weight excluding hydrogens is 242 g/mol. The van der Waals surface area contributed by atoms with Crippen LogP contribution in [0.25, 0.3) is 0 Å². The number of carbonyl (C=O) groups excluding carboxylic acids is 1. The first-order valence-corrected chi connectivity index (χ1v) is 5.67. The van der Waals surface area contributed by atoms with Gasteiger partial charge in [-0.15, -0.1) is 0 Å². The molecule has 5 heteroatoms. The van der Waals surface area contributed by atoms with Crippen molar-refractivity contribution in [3.8, 4) is 6.07 Å². The number of nitriles is 1. The molecule has 2 rings (SSSR count). The molecule has 1 heterocycles. The van der Waals surface area contributed by atoms with Crippen LogP contribution in [0.2, 0.25) is 0 Å². The molecule has 1 aromatic carbocycles. The van der Waals surface area contributed by atoms with E-state index in [2.05, 4.69) is 6.07 Å². The molecule has 0 bridgehead atoms. The van der Waals surface area contributed by atoms with Gasteiger partial charge in [-0.25, -0.2) is 4.79 Å². The Bertz CT molecular complexity index is 653. The Balaban J connectivity index is 2.39. The van der Waals surface area contributed by atoms with E-state index >= 15 is 0 Å². The van der Waals surface area contributed by atoms with Crippen molar-refractivity contribution in [3.63, 3.8) is 0 Å². The van der Waals surface area contributed by atoms with E-state index in [9.17, 15) is 4.79 Å². The second kappa shape index (κ2) is 5.27. The van der Waals surface area contributed by atoms with E-state index in [1.165, 1.54) is 7.11 Å². The van der Waals surface area contributed by atoms with E-state index in [0.29, 0.717) is 23.5 Å². The average molecular weight is 255 g/mol. The first kappa shape index (κ1) is 12.7. The lowest BCUT2D eigenvalue weighted by Gasteiger charge is -2.08. The Hall–Kier alpha value is -2.74. The van der Waals surface area contributed by atoms with Crippen LogP contribution in [-0.4, -0.2) is 17.6 Å². The Kier molecular flexibility index (Phi) is 3.53. The lowest BCUT2D eigenvalue weighted by Crippen LogP contribution is -2.11. The topological polar surface area (TPSA) is 81.0 Å². The SMILES string of the molecule is COC(=O)c1cc(N)cn1Cc1ccccc1C#N. The first-order valence-electron chi connectivity index (χ1n) is 5.67. The zero-order valence-corrected chi connectivity index (χ0v) is 10.5. The molecule has 0 saturated heterocycles. The fraction of sp³-hybridized carbons (Fsp3) is 0.143. The molecule has 2 N–H and O–H groups in total. The van der Waals surface area contributed by atoms with Crippen LogP contribution < -0.4 is 5.73 Å². The van der Waals surface area contributed by atoms with Crippen molar-refractivity contribution in [2.75, 3.05) is 12.8 Å². The van der Waals surface area contributed by atoms with Crippen LogP contribution in [0.4, 0.5) is 5.69 Å². The summed E-state index contributed by atoms with van der Waals surface area (Å²) in [5.74, 6) is -0.453. The highest BCUT2D eigenvalue weighted by Crippen LogP contribution is 2.16. The van der Waals surface area contributed by atoms with Gasteiger partial charge >= 0.3 is 5.97 Å². The van der Waals surface area contributed by atoms with Crippen LogP contribution in [0.5, 0.6) is 0 Å². The number of carbonyl (C=O) groups is 1. The number of aromatic nitrogens is 1. The molecule has 0 aliphatic carbocycles. The summed E-state index contributed by atoms with van der Waals surface area (Å²) in [6.45, 7) is 0.394. The van der Waals surface area contributed by atoms with Gasteiger partial charge in [0, 0.05) is 12.7 Å². The van der Waals surface area contributed by atoms with Crippen LogP contribution in [0.1, 0.15) is 21.6 Å². The minimum Gasteiger partial charge on any atom is -0.464 e. The number of benzene rings is 1. The molecule has 0 saturated carbocycles. The van der Waals surface area contributed by atoms with E-state index in [4.69, 9.17) is 15.7 Å². The van der Waals surface area contributed by atoms with E-state index in [-0.39, 0.29) is 0 Å². The zero-order valence-electron chi connectivity index (χ0n) is 10.5. The number of methoxy groups -OCH3 is 1. The number of hydrogen-bond acceptors (Lipinski definition) is 4. The molecule has 0 radical (unpaired) electrons. The zero-order chi connectivity index (χ0) is 13.8. The van der Waals surface area contributed by atoms with Crippen molar-refractivity contribution < 1.29 is 9.53 Å². The lowest BCUT2D eigenvalue weighted by atomic mass is 10.1. The van der Waals surface area contributed by atoms with Gasteiger partial charge in [0.1, 0.15) is 5.69 Å². The highest BCUT2D eigenvalue weighted by Gasteiger charge is 2.14. The van der Waals surface area contributed by atoms with Gasteiger partial charge in [0.25, 0.3) is 0 Å². The quantitative estimate of drug-likeness (QED) is 0.847. The smallest absolute Gasteiger partial charge is 0.354 e. The third kappa shape index (κ3) is 2.58. The van der Waals surface area contributed by atoms with E-state index < -0.39 is 5.97 Å². The van der Waals surface area contributed by atoms with Gasteiger partial charge in [-0.2, -0.15) is 5.26 Å². The number of rotatable bonds is 3. The maximum atomic E-state index is 11.6. The molecule has 5 nitrogen and oxygen atoms in total. The predicted molar refractivity (Wildman–Crippen MR) is 70.4 cm³/mol. The minimum atomic E-state index is -0.453. The highest BCUT2D eigenvalue weighted by molar-refractivity contribution is 5.89. The van der Waals surface area contributed by atoms with Gasteiger partial charge in [0.2, 0.25) is 0 Å². The van der Waals surface area contributed by atoms with Crippen molar-refractivity contribution >= 4 is 11.7 Å². The fourth-order valence-electron chi connectivity index (χ4n) is 1.89. The molecule has 0 amide bonds. The van der Waals surface area contributed by atoms with Crippen molar-refractivity contribution in [2.45, 2.75) is 6.54 Å². The van der Waals surface area contributed by atoms with Crippen LogP contribution in [0.15, 0.2) is 36.5 Å². The standard InChI is InChI=1S/C14H13N3O2/c1-19-14(18)13-6-12(16)9-17(13)8-11-5-3-2-4-10(11)7-15/h2-6,9H,8,16H2,1H3. The second-order valence-corrected chi connectivity index (χ2v) is 4.05. The molecule has 0 fully saturated rings. The summed E-state index contributed by atoms with van der Waals surface area (Å²) in [6.07, 6.45) is 1.65. The summed E-state index contributed by atoms with van der Waals surface area (Å²) >= 11 is 0. The van der Waals surface area contributed by atoms with Gasteiger partial charge in [-0.3, -0.25) is 0 Å². The predicted octanol–water partition coefficient (Wildman–Crippen LogP) is 1.78. The van der Waals surface area contributed by atoms with E-state index in [1.54, 1.807) is 29.0 Å². The number of nitrogens with two attached hydrogens (primary N) is 1. The third-order valence-corrected chi connectivity index (χ3v) is 2.79. The van der Waals surface area contributed by atoms with Crippen molar-refractivity contribution in [2.24, 2.45) is 0 Å². The molecule has 0 unspecified atom stereocenters. The van der Waals surface area contributed by atoms with Gasteiger partial charge in [0.05, 0.1) is 24.4 Å². The van der Waals surface area contributed by atoms with Gasteiger partial charge in [-0.05, 0) is 17.7 Å². The van der Waals surface area contributed by atoms with Gasteiger partial charge in [0.15, 0.2) is 0 Å². The van der Waals surface area contributed by atoms with E-state index in [0.717, 1.165) is 5.56 Å². The van der Waals surface area contributed by atoms with E-state index in [1.807, 2.05) is 12.1 Å². The van der Waals surface area contributed by atoms with Crippen molar-refractivity contribution in [3.05, 3.63) is 53.3 Å². The molecule has 1 aromatic heterocycles. The van der Waals surface area contributed by atoms with Crippen LogP contribution in [0, 0.1) is 11.3 Å². The summed E-state index contributed by atoms with van der Waals surface area (Å²) in [7, 11) is 1.32. The number of nitrogens with zero attached hydrogens (tertiary/aromatic N) is 2. The average Bonchev–Trinajstić information content (AvgIpc) is 2.79. The maximum absolute atomic E-state index is 11.6. The highest BCUT2D eigenvalue weighted by atomic mass is 16.5. The summed E-state index contributed by atoms with van der Waals surface area (Å²) in [5.41, 5.74) is 7.95. The molecule has 0 spiro atoms. The summed E-state index contributed by atoms with van der Waals surface area (Å²) in [5, 5.41) is 9.05. The Morgan fingerprint density at radius 3 is 2.89 bits per heavy atom. The van der Waals surface area contributed by atoms with Crippen LogP contribution in [-0.2, 0) is 11.3 Å². The Morgan fingerprint density at radius 2 is 2.21 bits per heavy atom. The number of nitrogen functional groups attached to an aromatic ring is 1. The fourth-order valence-corrected chi connectivity index (χ4v) is 1.89. The Morgan fingerprint density at radius 1 is 1.47 bits per heavy atom. The van der Waals surface area contributed by atoms with Gasteiger partial charge < -0.3 is 15.0 Å². The molecule has 96 valence electrons. The van der Waals surface area contributed by atoms with Crippen molar-refractivity contribution in [1.82, 2.24) is 4.57 Å². The van der Waals surface area contributed by atoms with Crippen LogP contribution in [0.3, 0.4) is 0 Å². The monoisotopic (exact) mass is 255 g/mol. The summed E-state index contributed by atoms with van der Waals surface area (Å²) < 4.78 is 6.38. The number of hydrogen-bond donors (Lipinski definition) is 1. The lowest BCUT2D eigenvalue weighted by molar-refractivity contribution is 0.0589. The molecule has 0 aliphatic heterocycles. The van der Waals surface area contributed by atoms with Gasteiger partial charge in [-0.1, -0.05) is 18.2 Å². The molecule has 19 heavy (non-hydrogen) atoms. The third-order valence-electron chi connectivity index (χ3n) is 2.79. The minimum absolute atomic E-state index is 0.368. The molecule has 2 aromatic rings. The normalized spacial score (nSPS) is 9.89. The summed E-state index contributed by atoms with van der Waals surface area (Å²) in [6, 6.07) is 10.9. The number of esters is 1. The largest absolute Gasteiger partial charge is 0.464 e. The molecular formula is C14H13N3O2. The number of anilines is 1.